The van der Waals surface area contributed by atoms with Crippen LogP contribution in [0.4, 0.5) is 11.5 Å². The lowest BCUT2D eigenvalue weighted by molar-refractivity contribution is 0.340. The van der Waals surface area contributed by atoms with Gasteiger partial charge in [-0.2, -0.15) is 4.98 Å². The third-order valence-corrected chi connectivity index (χ3v) is 3.78. The van der Waals surface area contributed by atoms with Gasteiger partial charge in [0.1, 0.15) is 5.75 Å². The van der Waals surface area contributed by atoms with Gasteiger partial charge in [0.2, 0.25) is 5.82 Å². The lowest BCUT2D eigenvalue weighted by Gasteiger charge is -2.07. The first-order valence-corrected chi connectivity index (χ1v) is 8.55. The molecule has 7 heteroatoms. The summed E-state index contributed by atoms with van der Waals surface area (Å²) in [5.41, 5.74) is 2.29. The first-order valence-electron chi connectivity index (χ1n) is 8.55. The number of ether oxygens (including phenoxy) is 1. The predicted molar refractivity (Wildman–Crippen MR) is 102 cm³/mol. The number of hydrogen-bond donors (Lipinski definition) is 1. The summed E-state index contributed by atoms with van der Waals surface area (Å²) in [5, 5.41) is 15.5. The van der Waals surface area contributed by atoms with E-state index in [0.717, 1.165) is 17.0 Å². The zero-order valence-corrected chi connectivity index (χ0v) is 14.7. The Morgan fingerprint density at radius 3 is 2.44 bits per heavy atom. The topological polar surface area (TPSA) is 86.0 Å². The van der Waals surface area contributed by atoms with E-state index >= 15 is 0 Å². The maximum absolute atomic E-state index is 5.43. The van der Waals surface area contributed by atoms with Gasteiger partial charge in [-0.1, -0.05) is 35.5 Å². The minimum Gasteiger partial charge on any atom is -0.494 e. The van der Waals surface area contributed by atoms with E-state index in [-0.39, 0.29) is 0 Å². The number of nitrogens with one attached hydrogen (secondary N) is 1. The van der Waals surface area contributed by atoms with Crippen molar-refractivity contribution in [2.45, 2.75) is 6.92 Å². The number of aromatic nitrogens is 4. The Labute approximate surface area is 156 Å². The van der Waals surface area contributed by atoms with Crippen LogP contribution in [0.15, 0.2) is 71.3 Å². The van der Waals surface area contributed by atoms with E-state index in [9.17, 15) is 0 Å². The van der Waals surface area contributed by atoms with E-state index in [0.29, 0.717) is 29.8 Å². The highest BCUT2D eigenvalue weighted by molar-refractivity contribution is 5.60. The summed E-state index contributed by atoms with van der Waals surface area (Å²) in [5.74, 6) is 2.29. The van der Waals surface area contributed by atoms with E-state index in [1.807, 2.05) is 67.6 Å². The summed E-state index contributed by atoms with van der Waals surface area (Å²) < 4.78 is 10.7. The molecule has 0 radical (unpaired) electrons. The second-order valence-corrected chi connectivity index (χ2v) is 5.68. The molecule has 0 aliphatic rings. The normalized spacial score (nSPS) is 10.6. The van der Waals surface area contributed by atoms with Crippen LogP contribution in [-0.2, 0) is 0 Å². The summed E-state index contributed by atoms with van der Waals surface area (Å²) in [6, 6.07) is 20.9. The molecule has 0 spiro atoms. The Bertz CT molecular complexity index is 999. The zero-order valence-electron chi connectivity index (χ0n) is 14.7. The summed E-state index contributed by atoms with van der Waals surface area (Å²) in [4.78, 5) is 4.38. The Balaban J connectivity index is 1.47. The molecule has 1 N–H and O–H groups in total. The third-order valence-electron chi connectivity index (χ3n) is 3.78. The molecule has 4 rings (SSSR count). The van der Waals surface area contributed by atoms with Crippen LogP contribution in [0.2, 0.25) is 0 Å². The zero-order chi connectivity index (χ0) is 18.5. The molecular formula is C20H17N5O2. The lowest BCUT2D eigenvalue weighted by atomic mass is 10.2. The summed E-state index contributed by atoms with van der Waals surface area (Å²) in [7, 11) is 0. The van der Waals surface area contributed by atoms with E-state index in [1.54, 1.807) is 6.07 Å². The fourth-order valence-corrected chi connectivity index (χ4v) is 2.49. The predicted octanol–water partition coefficient (Wildman–Crippen LogP) is 4.34. The lowest BCUT2D eigenvalue weighted by Crippen LogP contribution is -1.97. The van der Waals surface area contributed by atoms with Crippen molar-refractivity contribution in [3.63, 3.8) is 0 Å². The quantitative estimate of drug-likeness (QED) is 0.548. The van der Waals surface area contributed by atoms with Crippen LogP contribution in [0.1, 0.15) is 6.92 Å². The van der Waals surface area contributed by atoms with Gasteiger partial charge in [0.05, 0.1) is 6.61 Å². The maximum Gasteiger partial charge on any atom is 0.278 e. The van der Waals surface area contributed by atoms with Crippen molar-refractivity contribution >= 4 is 11.5 Å². The summed E-state index contributed by atoms with van der Waals surface area (Å²) >= 11 is 0. The molecule has 0 fully saturated rings. The highest BCUT2D eigenvalue weighted by Gasteiger charge is 2.12. The largest absolute Gasteiger partial charge is 0.494 e. The van der Waals surface area contributed by atoms with Gasteiger partial charge in [-0.15, -0.1) is 10.2 Å². The fraction of sp³-hybridized carbons (Fsp3) is 0.100. The van der Waals surface area contributed by atoms with Gasteiger partial charge >= 0.3 is 0 Å². The Kier molecular flexibility index (Phi) is 4.74. The molecule has 4 aromatic rings. The Morgan fingerprint density at radius 2 is 1.74 bits per heavy atom. The minimum absolute atomic E-state index is 0.328. The molecule has 0 amide bonds. The average Bonchev–Trinajstić information content (AvgIpc) is 3.21. The smallest absolute Gasteiger partial charge is 0.278 e. The van der Waals surface area contributed by atoms with Crippen LogP contribution in [0.25, 0.3) is 23.0 Å². The molecule has 0 aliphatic heterocycles. The molecule has 2 aromatic heterocycles. The van der Waals surface area contributed by atoms with Gasteiger partial charge in [0, 0.05) is 11.3 Å². The number of benzene rings is 2. The van der Waals surface area contributed by atoms with Crippen LogP contribution >= 0.6 is 0 Å². The molecule has 0 saturated carbocycles. The van der Waals surface area contributed by atoms with Crippen LogP contribution in [0, 0.1) is 0 Å². The molecule has 134 valence electrons. The number of nitrogens with zero attached hydrogens (tertiary/aromatic N) is 4. The van der Waals surface area contributed by atoms with E-state index in [1.165, 1.54) is 0 Å². The summed E-state index contributed by atoms with van der Waals surface area (Å²) in [6.07, 6.45) is 0. The second kappa shape index (κ2) is 7.65. The standard InChI is InChI=1S/C20H17N5O2/c1-2-26-16-10-8-15(9-11-16)21-18-13-12-17(23-24-18)20-22-19(25-27-20)14-6-4-3-5-7-14/h3-13H,2H2,1H3,(H,21,24). The highest BCUT2D eigenvalue weighted by atomic mass is 16.5. The second-order valence-electron chi connectivity index (χ2n) is 5.68. The van der Waals surface area contributed by atoms with Crippen molar-refractivity contribution in [3.8, 4) is 28.7 Å². The van der Waals surface area contributed by atoms with Crippen LogP contribution in [0.3, 0.4) is 0 Å². The average molecular weight is 359 g/mol. The molecule has 2 aromatic carbocycles. The molecular weight excluding hydrogens is 342 g/mol. The van der Waals surface area contributed by atoms with E-state index in [2.05, 4.69) is 25.7 Å². The van der Waals surface area contributed by atoms with Crippen molar-refractivity contribution < 1.29 is 9.26 Å². The fourth-order valence-electron chi connectivity index (χ4n) is 2.49. The van der Waals surface area contributed by atoms with Gasteiger partial charge in [-0.05, 0) is 43.3 Å². The van der Waals surface area contributed by atoms with Crippen molar-refractivity contribution in [2.75, 3.05) is 11.9 Å². The van der Waals surface area contributed by atoms with Gasteiger partial charge in [-0.25, -0.2) is 0 Å². The van der Waals surface area contributed by atoms with Crippen molar-refractivity contribution in [1.82, 2.24) is 20.3 Å². The number of hydrogen-bond acceptors (Lipinski definition) is 7. The van der Waals surface area contributed by atoms with Crippen molar-refractivity contribution in [3.05, 3.63) is 66.7 Å². The molecule has 2 heterocycles. The molecule has 27 heavy (non-hydrogen) atoms. The van der Waals surface area contributed by atoms with Crippen LogP contribution in [0.5, 0.6) is 5.75 Å². The van der Waals surface area contributed by atoms with Gasteiger partial charge in [0.25, 0.3) is 5.89 Å². The molecule has 0 atom stereocenters. The molecule has 0 bridgehead atoms. The van der Waals surface area contributed by atoms with Crippen LogP contribution in [-0.4, -0.2) is 26.9 Å². The number of rotatable bonds is 6. The first kappa shape index (κ1) is 16.7. The monoisotopic (exact) mass is 359 g/mol. The van der Waals surface area contributed by atoms with E-state index in [4.69, 9.17) is 9.26 Å². The van der Waals surface area contributed by atoms with Crippen molar-refractivity contribution in [1.29, 1.82) is 0 Å². The Morgan fingerprint density at radius 1 is 0.926 bits per heavy atom. The summed E-state index contributed by atoms with van der Waals surface area (Å²) in [6.45, 7) is 2.59. The third kappa shape index (κ3) is 3.92. The molecule has 0 saturated heterocycles. The van der Waals surface area contributed by atoms with Gasteiger partial charge < -0.3 is 14.6 Å². The van der Waals surface area contributed by atoms with Gasteiger partial charge in [0.15, 0.2) is 11.5 Å². The van der Waals surface area contributed by atoms with Crippen LogP contribution < -0.4 is 10.1 Å². The highest BCUT2D eigenvalue weighted by Crippen LogP contribution is 2.22. The Hall–Kier alpha value is -3.74. The maximum atomic E-state index is 5.43. The first-order chi connectivity index (χ1) is 13.3. The van der Waals surface area contributed by atoms with Gasteiger partial charge in [-0.3, -0.25) is 0 Å². The molecule has 0 unspecified atom stereocenters. The molecule has 0 aliphatic carbocycles. The number of anilines is 2. The molecule has 7 nitrogen and oxygen atoms in total. The SMILES string of the molecule is CCOc1ccc(Nc2ccc(-c3nc(-c4ccccc4)no3)nn2)cc1. The minimum atomic E-state index is 0.328. The van der Waals surface area contributed by atoms with E-state index < -0.39 is 0 Å². The van der Waals surface area contributed by atoms with Crippen molar-refractivity contribution in [2.24, 2.45) is 0 Å².